The Morgan fingerprint density at radius 3 is 2.45 bits per heavy atom. The van der Waals surface area contributed by atoms with Gasteiger partial charge in [-0.25, -0.2) is 14.5 Å². The van der Waals surface area contributed by atoms with Gasteiger partial charge >= 0.3 is 6.03 Å². The number of amides is 3. The number of hydrazine groups is 1. The summed E-state index contributed by atoms with van der Waals surface area (Å²) in [5.41, 5.74) is 6.75. The molecule has 31 heavy (non-hydrogen) atoms. The maximum Gasteiger partial charge on any atom is 0.329 e. The molecule has 0 bridgehead atoms. The third-order valence-electron chi connectivity index (χ3n) is 5.69. The number of urea groups is 1. The topological polar surface area (TPSA) is 94.5 Å². The molecule has 1 saturated heterocycles. The highest BCUT2D eigenvalue weighted by Crippen LogP contribution is 2.31. The minimum Gasteiger partial charge on any atom is -0.372 e. The summed E-state index contributed by atoms with van der Waals surface area (Å²) in [5, 5.41) is 12.3. The SMILES string of the molecule is CCCCNC(=O)NN1Cc2nn(-c3ccc(N4CCCC4)cc3)c(NC(C)=O)c2C1. The average molecular weight is 426 g/mol. The Morgan fingerprint density at radius 1 is 1.06 bits per heavy atom. The van der Waals surface area contributed by atoms with Gasteiger partial charge in [0.15, 0.2) is 0 Å². The van der Waals surface area contributed by atoms with Crippen molar-refractivity contribution in [3.8, 4) is 5.69 Å². The molecule has 0 aliphatic carbocycles. The third kappa shape index (κ3) is 4.82. The molecule has 0 radical (unpaired) electrons. The number of unbranched alkanes of at least 4 members (excludes halogenated alkanes) is 1. The molecule has 2 aromatic rings. The lowest BCUT2D eigenvalue weighted by Crippen LogP contribution is -2.45. The van der Waals surface area contributed by atoms with Crippen LogP contribution in [0.1, 0.15) is 50.8 Å². The second kappa shape index (κ2) is 9.38. The molecule has 166 valence electrons. The van der Waals surface area contributed by atoms with E-state index in [1.807, 2.05) is 17.1 Å². The Kier molecular flexibility index (Phi) is 6.41. The fraction of sp³-hybridized carbons (Fsp3) is 0.500. The second-order valence-electron chi connectivity index (χ2n) is 8.15. The van der Waals surface area contributed by atoms with Crippen LogP contribution in [0.3, 0.4) is 0 Å². The predicted octanol–water partition coefficient (Wildman–Crippen LogP) is 2.76. The van der Waals surface area contributed by atoms with Crippen LogP contribution in [0.25, 0.3) is 5.69 Å². The Balaban J connectivity index is 1.50. The van der Waals surface area contributed by atoms with E-state index in [-0.39, 0.29) is 11.9 Å². The first-order valence-electron chi connectivity index (χ1n) is 11.1. The Labute approximate surface area is 182 Å². The quantitative estimate of drug-likeness (QED) is 0.593. The number of carbonyl (C=O) groups excluding carboxylic acids is 2. The largest absolute Gasteiger partial charge is 0.372 e. The Hall–Kier alpha value is -3.07. The zero-order chi connectivity index (χ0) is 21.8. The first kappa shape index (κ1) is 21.2. The average Bonchev–Trinajstić information content (AvgIpc) is 3.46. The van der Waals surface area contributed by atoms with Gasteiger partial charge in [0.05, 0.1) is 17.9 Å². The molecule has 9 nitrogen and oxygen atoms in total. The first-order chi connectivity index (χ1) is 15.0. The highest BCUT2D eigenvalue weighted by atomic mass is 16.2. The molecule has 1 aromatic heterocycles. The van der Waals surface area contributed by atoms with Crippen LogP contribution < -0.4 is 21.0 Å². The molecule has 3 heterocycles. The molecular weight excluding hydrogens is 394 g/mol. The summed E-state index contributed by atoms with van der Waals surface area (Å²) in [6, 6.07) is 8.08. The molecule has 0 spiro atoms. The van der Waals surface area contributed by atoms with Crippen LogP contribution in [0.5, 0.6) is 0 Å². The maximum atomic E-state index is 12.1. The van der Waals surface area contributed by atoms with Crippen molar-refractivity contribution >= 4 is 23.4 Å². The van der Waals surface area contributed by atoms with Crippen LogP contribution in [0.4, 0.5) is 16.3 Å². The van der Waals surface area contributed by atoms with Gasteiger partial charge in [-0.3, -0.25) is 10.2 Å². The number of anilines is 2. The van der Waals surface area contributed by atoms with Crippen molar-refractivity contribution in [1.29, 1.82) is 0 Å². The normalized spacial score (nSPS) is 15.7. The number of hydrogen-bond acceptors (Lipinski definition) is 5. The number of hydrogen-bond donors (Lipinski definition) is 3. The molecule has 1 aromatic carbocycles. The molecule has 0 atom stereocenters. The summed E-state index contributed by atoms with van der Waals surface area (Å²) >= 11 is 0. The van der Waals surface area contributed by atoms with Gasteiger partial charge in [-0.2, -0.15) is 5.10 Å². The summed E-state index contributed by atoms with van der Waals surface area (Å²) in [5.74, 6) is 0.508. The van der Waals surface area contributed by atoms with Gasteiger partial charge in [0, 0.05) is 44.4 Å². The maximum absolute atomic E-state index is 12.1. The Bertz CT molecular complexity index is 932. The second-order valence-corrected chi connectivity index (χ2v) is 8.15. The number of nitrogens with zero attached hydrogens (tertiary/aromatic N) is 4. The standard InChI is InChI=1S/C22H31N7O2/c1-3-4-11-23-22(31)26-28-14-19-20(15-28)25-29(21(19)24-16(2)30)18-9-7-17(8-10-18)27-12-5-6-13-27/h7-10H,3-6,11-15H2,1-2H3,(H,24,30)(H2,23,26,31). The van der Waals surface area contributed by atoms with Crippen LogP contribution >= 0.6 is 0 Å². The molecule has 2 aliphatic heterocycles. The lowest BCUT2D eigenvalue weighted by atomic mass is 10.2. The van der Waals surface area contributed by atoms with E-state index in [2.05, 4.69) is 40.0 Å². The predicted molar refractivity (Wildman–Crippen MR) is 120 cm³/mol. The molecule has 2 aliphatic rings. The van der Waals surface area contributed by atoms with Gasteiger partial charge in [-0.05, 0) is 43.5 Å². The number of benzene rings is 1. The molecule has 3 N–H and O–H groups in total. The zero-order valence-corrected chi connectivity index (χ0v) is 18.3. The van der Waals surface area contributed by atoms with E-state index in [0.29, 0.717) is 25.5 Å². The van der Waals surface area contributed by atoms with Crippen molar-refractivity contribution in [2.75, 3.05) is 29.9 Å². The summed E-state index contributed by atoms with van der Waals surface area (Å²) in [4.78, 5) is 26.3. The van der Waals surface area contributed by atoms with E-state index in [1.54, 1.807) is 4.68 Å². The van der Waals surface area contributed by atoms with Gasteiger partial charge < -0.3 is 15.5 Å². The van der Waals surface area contributed by atoms with Gasteiger partial charge in [-0.1, -0.05) is 13.3 Å². The van der Waals surface area contributed by atoms with E-state index in [9.17, 15) is 9.59 Å². The van der Waals surface area contributed by atoms with Crippen LogP contribution in [0.15, 0.2) is 24.3 Å². The van der Waals surface area contributed by atoms with E-state index in [4.69, 9.17) is 5.10 Å². The van der Waals surface area contributed by atoms with Gasteiger partial charge in [0.25, 0.3) is 0 Å². The van der Waals surface area contributed by atoms with Gasteiger partial charge in [-0.15, -0.1) is 0 Å². The molecular formula is C22H31N7O2. The van der Waals surface area contributed by atoms with Gasteiger partial charge in [0.1, 0.15) is 5.82 Å². The lowest BCUT2D eigenvalue weighted by molar-refractivity contribution is -0.114. The minimum absolute atomic E-state index is 0.152. The Morgan fingerprint density at radius 2 is 1.77 bits per heavy atom. The number of fused-ring (bicyclic) bond motifs is 1. The highest BCUT2D eigenvalue weighted by Gasteiger charge is 2.29. The van der Waals surface area contributed by atoms with E-state index in [0.717, 1.165) is 42.9 Å². The van der Waals surface area contributed by atoms with Crippen molar-refractivity contribution in [3.05, 3.63) is 35.5 Å². The van der Waals surface area contributed by atoms with Crippen LogP contribution in [-0.4, -0.2) is 46.4 Å². The van der Waals surface area contributed by atoms with Crippen molar-refractivity contribution in [2.24, 2.45) is 0 Å². The van der Waals surface area contributed by atoms with E-state index >= 15 is 0 Å². The number of rotatable bonds is 7. The van der Waals surface area contributed by atoms with Crippen LogP contribution in [0, 0.1) is 0 Å². The lowest BCUT2D eigenvalue weighted by Gasteiger charge is -2.19. The molecule has 3 amide bonds. The summed E-state index contributed by atoms with van der Waals surface area (Å²) in [7, 11) is 0. The van der Waals surface area contributed by atoms with Gasteiger partial charge in [0.2, 0.25) is 5.91 Å². The highest BCUT2D eigenvalue weighted by molar-refractivity contribution is 5.89. The molecule has 1 fully saturated rings. The first-order valence-corrected chi connectivity index (χ1v) is 11.1. The monoisotopic (exact) mass is 425 g/mol. The van der Waals surface area contributed by atoms with E-state index < -0.39 is 0 Å². The van der Waals surface area contributed by atoms with Crippen LogP contribution in [-0.2, 0) is 17.9 Å². The fourth-order valence-electron chi connectivity index (χ4n) is 4.12. The van der Waals surface area contributed by atoms with Crippen molar-refractivity contribution in [2.45, 2.75) is 52.6 Å². The van der Waals surface area contributed by atoms with Crippen molar-refractivity contribution in [1.82, 2.24) is 25.5 Å². The summed E-state index contributed by atoms with van der Waals surface area (Å²) in [6.45, 7) is 7.40. The van der Waals surface area contributed by atoms with E-state index in [1.165, 1.54) is 25.5 Å². The third-order valence-corrected chi connectivity index (χ3v) is 5.69. The number of nitrogens with one attached hydrogen (secondary N) is 3. The molecule has 0 saturated carbocycles. The fourth-order valence-corrected chi connectivity index (χ4v) is 4.12. The smallest absolute Gasteiger partial charge is 0.329 e. The molecule has 4 rings (SSSR count). The molecule has 9 heteroatoms. The zero-order valence-electron chi connectivity index (χ0n) is 18.3. The van der Waals surface area contributed by atoms with Crippen molar-refractivity contribution in [3.63, 3.8) is 0 Å². The molecule has 0 unspecified atom stereocenters. The summed E-state index contributed by atoms with van der Waals surface area (Å²) in [6.07, 6.45) is 4.45. The minimum atomic E-state index is -0.218. The van der Waals surface area contributed by atoms with Crippen LogP contribution in [0.2, 0.25) is 0 Å². The number of carbonyl (C=O) groups is 2. The number of aromatic nitrogens is 2. The van der Waals surface area contributed by atoms with Crippen molar-refractivity contribution < 1.29 is 9.59 Å². The summed E-state index contributed by atoms with van der Waals surface area (Å²) < 4.78 is 1.79.